The third kappa shape index (κ3) is 4.09. The van der Waals surface area contributed by atoms with Gasteiger partial charge in [-0.2, -0.15) is 0 Å². The quantitative estimate of drug-likeness (QED) is 0.815. The second kappa shape index (κ2) is 6.78. The average molecular weight is 367 g/mol. The van der Waals surface area contributed by atoms with Gasteiger partial charge in [-0.1, -0.05) is 46.3 Å². The van der Waals surface area contributed by atoms with Crippen LogP contribution in [0.25, 0.3) is 0 Å². The zero-order chi connectivity index (χ0) is 15.4. The summed E-state index contributed by atoms with van der Waals surface area (Å²) in [5.74, 6) is -0.738. The molecule has 108 valence electrons. The van der Waals surface area contributed by atoms with Gasteiger partial charge in [0.25, 0.3) is 0 Å². The monoisotopic (exact) mass is 366 g/mol. The third-order valence-corrected chi connectivity index (χ3v) is 3.54. The number of amides is 1. The van der Waals surface area contributed by atoms with E-state index in [-0.39, 0.29) is 17.3 Å². The number of thiocarbonyl (C=S) groups is 1. The number of carbonyl (C=O) groups is 1. The Hall–Kier alpha value is -1.79. The molecule has 0 bridgehead atoms. The van der Waals surface area contributed by atoms with Crippen molar-refractivity contribution in [2.75, 3.05) is 5.32 Å². The number of hydrogen-bond acceptors (Lipinski definition) is 2. The van der Waals surface area contributed by atoms with E-state index in [9.17, 15) is 9.18 Å². The van der Waals surface area contributed by atoms with Gasteiger partial charge in [0.2, 0.25) is 5.91 Å². The second-order valence-corrected chi connectivity index (χ2v) is 5.73. The van der Waals surface area contributed by atoms with Crippen LogP contribution in [0.5, 0.6) is 0 Å². The molecule has 0 unspecified atom stereocenters. The van der Waals surface area contributed by atoms with E-state index in [1.165, 1.54) is 6.07 Å². The predicted molar refractivity (Wildman–Crippen MR) is 88.8 cm³/mol. The van der Waals surface area contributed by atoms with Gasteiger partial charge in [0, 0.05) is 10.0 Å². The minimum Gasteiger partial charge on any atom is -0.389 e. The molecule has 0 saturated carbocycles. The van der Waals surface area contributed by atoms with Crippen LogP contribution in [0.2, 0.25) is 0 Å². The topological polar surface area (TPSA) is 55.1 Å². The summed E-state index contributed by atoms with van der Waals surface area (Å²) in [5.41, 5.74) is 7.04. The first-order chi connectivity index (χ1) is 9.97. The van der Waals surface area contributed by atoms with Gasteiger partial charge in [-0.05, 0) is 29.8 Å². The van der Waals surface area contributed by atoms with Gasteiger partial charge in [0.1, 0.15) is 10.8 Å². The predicted octanol–water partition coefficient (Wildman–Crippen LogP) is 3.40. The van der Waals surface area contributed by atoms with Crippen LogP contribution in [0.4, 0.5) is 10.1 Å². The van der Waals surface area contributed by atoms with Gasteiger partial charge in [0.05, 0.1) is 12.1 Å². The molecule has 2 aromatic rings. The van der Waals surface area contributed by atoms with Gasteiger partial charge < -0.3 is 11.1 Å². The number of rotatable bonds is 4. The molecular weight excluding hydrogens is 355 g/mol. The molecule has 6 heteroatoms. The first-order valence-corrected chi connectivity index (χ1v) is 7.30. The zero-order valence-corrected chi connectivity index (χ0v) is 13.3. The molecule has 0 aromatic heterocycles. The number of nitrogens with two attached hydrogens (primary N) is 1. The molecule has 2 aromatic carbocycles. The highest BCUT2D eigenvalue weighted by molar-refractivity contribution is 9.10. The van der Waals surface area contributed by atoms with Crippen LogP contribution < -0.4 is 11.1 Å². The first kappa shape index (κ1) is 15.6. The molecule has 0 aliphatic heterocycles. The Kier molecular flexibility index (Phi) is 5.03. The molecule has 2 rings (SSSR count). The maximum absolute atomic E-state index is 13.5. The summed E-state index contributed by atoms with van der Waals surface area (Å²) in [5, 5.41) is 2.70. The van der Waals surface area contributed by atoms with Crippen molar-refractivity contribution in [3.63, 3.8) is 0 Å². The number of hydrogen-bond donors (Lipinski definition) is 2. The molecule has 21 heavy (non-hydrogen) atoms. The third-order valence-electron chi connectivity index (χ3n) is 2.83. The lowest BCUT2D eigenvalue weighted by Crippen LogP contribution is -2.19. The number of benzene rings is 2. The van der Waals surface area contributed by atoms with E-state index in [0.29, 0.717) is 16.8 Å². The van der Waals surface area contributed by atoms with Crippen LogP contribution in [0, 0.1) is 5.82 Å². The van der Waals surface area contributed by atoms with Crippen molar-refractivity contribution in [2.24, 2.45) is 5.73 Å². The number of halogens is 2. The lowest BCUT2D eigenvalue weighted by atomic mass is 10.1. The smallest absolute Gasteiger partial charge is 0.228 e. The van der Waals surface area contributed by atoms with E-state index in [1.54, 1.807) is 36.4 Å². The summed E-state index contributed by atoms with van der Waals surface area (Å²) < 4.78 is 14.3. The lowest BCUT2D eigenvalue weighted by Gasteiger charge is -2.11. The Morgan fingerprint density at radius 1 is 1.29 bits per heavy atom. The number of nitrogens with one attached hydrogen (secondary N) is 1. The Bertz CT molecular complexity index is 706. The summed E-state index contributed by atoms with van der Waals surface area (Å²) in [7, 11) is 0. The van der Waals surface area contributed by atoms with Gasteiger partial charge in [-0.15, -0.1) is 0 Å². The summed E-state index contributed by atoms with van der Waals surface area (Å²) in [4.78, 5) is 12.2. The largest absolute Gasteiger partial charge is 0.389 e. The summed E-state index contributed by atoms with van der Waals surface area (Å²) in [6.45, 7) is 0. The highest BCUT2D eigenvalue weighted by atomic mass is 79.9. The van der Waals surface area contributed by atoms with Crippen molar-refractivity contribution >= 4 is 44.7 Å². The molecule has 0 aliphatic rings. The van der Waals surface area contributed by atoms with Crippen LogP contribution in [0.1, 0.15) is 11.1 Å². The fourth-order valence-corrected chi connectivity index (χ4v) is 2.37. The molecule has 0 atom stereocenters. The summed E-state index contributed by atoms with van der Waals surface area (Å²) >= 11 is 8.27. The van der Waals surface area contributed by atoms with Gasteiger partial charge in [-0.3, -0.25) is 4.79 Å². The molecule has 0 saturated heterocycles. The van der Waals surface area contributed by atoms with Crippen molar-refractivity contribution in [3.8, 4) is 0 Å². The molecular formula is C15H12BrFN2OS. The van der Waals surface area contributed by atoms with E-state index < -0.39 is 5.82 Å². The van der Waals surface area contributed by atoms with E-state index in [1.807, 2.05) is 0 Å². The fourth-order valence-electron chi connectivity index (χ4n) is 1.84. The normalized spacial score (nSPS) is 10.2. The van der Waals surface area contributed by atoms with Crippen molar-refractivity contribution in [1.82, 2.24) is 0 Å². The van der Waals surface area contributed by atoms with Crippen LogP contribution in [-0.2, 0) is 11.2 Å². The van der Waals surface area contributed by atoms with Gasteiger partial charge in [-0.25, -0.2) is 4.39 Å². The zero-order valence-electron chi connectivity index (χ0n) is 10.9. The van der Waals surface area contributed by atoms with E-state index in [2.05, 4.69) is 21.2 Å². The van der Waals surface area contributed by atoms with Gasteiger partial charge >= 0.3 is 0 Å². The van der Waals surface area contributed by atoms with Crippen LogP contribution in [-0.4, -0.2) is 10.9 Å². The lowest BCUT2D eigenvalue weighted by molar-refractivity contribution is -0.115. The Balaban J connectivity index is 2.17. The van der Waals surface area contributed by atoms with E-state index in [0.717, 1.165) is 4.47 Å². The van der Waals surface area contributed by atoms with Crippen molar-refractivity contribution in [3.05, 3.63) is 63.9 Å². The first-order valence-electron chi connectivity index (χ1n) is 6.10. The van der Waals surface area contributed by atoms with Crippen LogP contribution >= 0.6 is 28.1 Å². The van der Waals surface area contributed by atoms with Crippen molar-refractivity contribution in [2.45, 2.75) is 6.42 Å². The molecule has 0 radical (unpaired) electrons. The molecule has 3 nitrogen and oxygen atoms in total. The van der Waals surface area contributed by atoms with Crippen LogP contribution in [0.15, 0.2) is 46.9 Å². The highest BCUT2D eigenvalue weighted by Crippen LogP contribution is 2.21. The Labute approximate surface area is 135 Å². The molecule has 3 N–H and O–H groups in total. The average Bonchev–Trinajstić information content (AvgIpc) is 2.43. The summed E-state index contributed by atoms with van der Waals surface area (Å²) in [6, 6.07) is 11.3. The number of carbonyl (C=O) groups excluding carboxylic acids is 1. The van der Waals surface area contributed by atoms with Gasteiger partial charge in [0.15, 0.2) is 0 Å². The standard InChI is InChI=1S/C15H12BrFN2OS/c16-10-5-6-13(11(8-10)15(18)21)19-14(20)7-9-3-1-2-4-12(9)17/h1-6,8H,7H2,(H2,18,21)(H,19,20). The SMILES string of the molecule is NC(=S)c1cc(Br)ccc1NC(=O)Cc1ccccc1F. The van der Waals surface area contributed by atoms with Crippen molar-refractivity contribution in [1.29, 1.82) is 0 Å². The number of anilines is 1. The minimum atomic E-state index is -0.405. The molecule has 0 heterocycles. The maximum atomic E-state index is 13.5. The molecule has 0 fully saturated rings. The molecule has 1 amide bonds. The fraction of sp³-hybridized carbons (Fsp3) is 0.0667. The van der Waals surface area contributed by atoms with E-state index >= 15 is 0 Å². The Morgan fingerprint density at radius 3 is 2.67 bits per heavy atom. The second-order valence-electron chi connectivity index (χ2n) is 4.37. The highest BCUT2D eigenvalue weighted by Gasteiger charge is 2.11. The van der Waals surface area contributed by atoms with E-state index in [4.69, 9.17) is 18.0 Å². The summed E-state index contributed by atoms with van der Waals surface area (Å²) in [6.07, 6.45) is -0.0560. The van der Waals surface area contributed by atoms with Crippen LogP contribution in [0.3, 0.4) is 0 Å². The minimum absolute atomic E-state index is 0.0560. The van der Waals surface area contributed by atoms with Crippen molar-refractivity contribution < 1.29 is 9.18 Å². The molecule has 0 spiro atoms. The molecule has 0 aliphatic carbocycles. The maximum Gasteiger partial charge on any atom is 0.228 e. The Morgan fingerprint density at radius 2 is 2.00 bits per heavy atom.